The smallest absolute Gasteiger partial charge is 0.268 e. The predicted molar refractivity (Wildman–Crippen MR) is 86.1 cm³/mol. The summed E-state index contributed by atoms with van der Waals surface area (Å²) in [5.41, 5.74) is 0.779. The molecule has 0 aliphatic carbocycles. The molecule has 1 saturated heterocycles. The first kappa shape index (κ1) is 14.1. The van der Waals surface area contributed by atoms with Gasteiger partial charge in [0.05, 0.1) is 0 Å². The average Bonchev–Trinajstić information content (AvgIpc) is 2.56. The minimum atomic E-state index is 0.116. The van der Waals surface area contributed by atoms with Gasteiger partial charge >= 0.3 is 0 Å². The van der Waals surface area contributed by atoms with E-state index in [0.717, 1.165) is 30.6 Å². The highest BCUT2D eigenvalue weighted by Crippen LogP contribution is 2.19. The highest BCUT2D eigenvalue weighted by molar-refractivity contribution is 5.98. The molecule has 2 aromatic carbocycles. The molecule has 3 rings (SSSR count). The Kier molecular flexibility index (Phi) is 4.20. The second-order valence-electron chi connectivity index (χ2n) is 5.60. The van der Waals surface area contributed by atoms with Gasteiger partial charge in [-0.15, -0.1) is 0 Å². The lowest BCUT2D eigenvalue weighted by molar-refractivity contribution is -0.0181. The fourth-order valence-electron chi connectivity index (χ4n) is 3.06. The van der Waals surface area contributed by atoms with Crippen LogP contribution in [0.15, 0.2) is 42.5 Å². The standard InChI is InChI=1S/C18H22N2O/c1-2-20(19-12-6-3-7-13-19)18(21)17-11-10-15-8-4-5-9-16(15)14-17/h4-5,8-11,14H,2-3,6-7,12-13H2,1H3. The van der Waals surface area contributed by atoms with Crippen molar-refractivity contribution in [1.82, 2.24) is 10.0 Å². The van der Waals surface area contributed by atoms with Crippen molar-refractivity contribution < 1.29 is 4.79 Å². The Morgan fingerprint density at radius 1 is 1.05 bits per heavy atom. The quantitative estimate of drug-likeness (QED) is 0.857. The number of benzene rings is 2. The number of amides is 1. The van der Waals surface area contributed by atoms with E-state index >= 15 is 0 Å². The number of nitrogens with zero attached hydrogens (tertiary/aromatic N) is 2. The van der Waals surface area contributed by atoms with Crippen LogP contribution >= 0.6 is 0 Å². The largest absolute Gasteiger partial charge is 0.272 e. The van der Waals surface area contributed by atoms with Crippen LogP contribution in [0.3, 0.4) is 0 Å². The summed E-state index contributed by atoms with van der Waals surface area (Å²) in [4.78, 5) is 12.8. The summed E-state index contributed by atoms with van der Waals surface area (Å²) in [5, 5.41) is 6.41. The number of hydrogen-bond donors (Lipinski definition) is 0. The van der Waals surface area contributed by atoms with Crippen molar-refractivity contribution in [3.63, 3.8) is 0 Å². The second kappa shape index (κ2) is 6.27. The molecule has 1 aliphatic heterocycles. The van der Waals surface area contributed by atoms with Crippen LogP contribution in [-0.4, -0.2) is 35.6 Å². The molecule has 0 radical (unpaired) electrons. The van der Waals surface area contributed by atoms with E-state index in [2.05, 4.69) is 17.1 Å². The van der Waals surface area contributed by atoms with E-state index in [-0.39, 0.29) is 5.91 Å². The molecule has 2 aromatic rings. The number of rotatable bonds is 3. The van der Waals surface area contributed by atoms with Gasteiger partial charge in [0.25, 0.3) is 5.91 Å². The molecule has 0 aromatic heterocycles. The van der Waals surface area contributed by atoms with E-state index in [0.29, 0.717) is 0 Å². The van der Waals surface area contributed by atoms with Gasteiger partial charge in [0.15, 0.2) is 0 Å². The van der Waals surface area contributed by atoms with E-state index in [1.807, 2.05) is 42.3 Å². The van der Waals surface area contributed by atoms with Crippen molar-refractivity contribution in [3.8, 4) is 0 Å². The Morgan fingerprint density at radius 3 is 2.48 bits per heavy atom. The second-order valence-corrected chi connectivity index (χ2v) is 5.60. The van der Waals surface area contributed by atoms with E-state index < -0.39 is 0 Å². The van der Waals surface area contributed by atoms with Crippen molar-refractivity contribution in [3.05, 3.63) is 48.0 Å². The summed E-state index contributed by atoms with van der Waals surface area (Å²) < 4.78 is 0. The number of fused-ring (bicyclic) bond motifs is 1. The molecule has 21 heavy (non-hydrogen) atoms. The number of carbonyl (C=O) groups is 1. The van der Waals surface area contributed by atoms with Crippen molar-refractivity contribution in [2.45, 2.75) is 26.2 Å². The van der Waals surface area contributed by atoms with Gasteiger partial charge in [-0.25, -0.2) is 5.01 Å². The Hall–Kier alpha value is -1.87. The zero-order valence-corrected chi connectivity index (χ0v) is 12.6. The monoisotopic (exact) mass is 282 g/mol. The molecule has 0 unspecified atom stereocenters. The molecular formula is C18H22N2O. The summed E-state index contributed by atoms with van der Waals surface area (Å²) in [6.45, 7) is 4.76. The zero-order chi connectivity index (χ0) is 14.7. The highest BCUT2D eigenvalue weighted by atomic mass is 16.2. The van der Waals surface area contributed by atoms with Crippen LogP contribution in [0, 0.1) is 0 Å². The van der Waals surface area contributed by atoms with Crippen LogP contribution in [0.25, 0.3) is 10.8 Å². The van der Waals surface area contributed by atoms with Crippen LogP contribution in [-0.2, 0) is 0 Å². The molecule has 0 spiro atoms. The minimum absolute atomic E-state index is 0.116. The van der Waals surface area contributed by atoms with E-state index in [4.69, 9.17) is 0 Å². The lowest BCUT2D eigenvalue weighted by Gasteiger charge is -2.36. The number of hydrazine groups is 1. The number of piperidine rings is 1. The van der Waals surface area contributed by atoms with Crippen LogP contribution in [0.2, 0.25) is 0 Å². The average molecular weight is 282 g/mol. The van der Waals surface area contributed by atoms with Gasteiger partial charge in [-0.2, -0.15) is 0 Å². The molecule has 110 valence electrons. The molecule has 0 bridgehead atoms. The van der Waals surface area contributed by atoms with E-state index in [1.54, 1.807) is 0 Å². The van der Waals surface area contributed by atoms with Crippen molar-refractivity contribution in [1.29, 1.82) is 0 Å². The SMILES string of the molecule is CCN(C(=O)c1ccc2ccccc2c1)N1CCCCC1. The summed E-state index contributed by atoms with van der Waals surface area (Å²) in [5.74, 6) is 0.116. The highest BCUT2D eigenvalue weighted by Gasteiger charge is 2.22. The lowest BCUT2D eigenvalue weighted by atomic mass is 10.1. The number of carbonyl (C=O) groups excluding carboxylic acids is 1. The summed E-state index contributed by atoms with van der Waals surface area (Å²) >= 11 is 0. The molecule has 0 atom stereocenters. The maximum absolute atomic E-state index is 12.8. The molecule has 1 aliphatic rings. The molecule has 3 heteroatoms. The first-order valence-electron chi connectivity index (χ1n) is 7.85. The Bertz CT molecular complexity index is 632. The van der Waals surface area contributed by atoms with Crippen molar-refractivity contribution in [2.24, 2.45) is 0 Å². The molecular weight excluding hydrogens is 260 g/mol. The zero-order valence-electron chi connectivity index (χ0n) is 12.6. The summed E-state index contributed by atoms with van der Waals surface area (Å²) in [7, 11) is 0. The van der Waals surface area contributed by atoms with Gasteiger partial charge < -0.3 is 0 Å². The van der Waals surface area contributed by atoms with Crippen molar-refractivity contribution in [2.75, 3.05) is 19.6 Å². The van der Waals surface area contributed by atoms with E-state index in [9.17, 15) is 4.79 Å². The third kappa shape index (κ3) is 2.93. The minimum Gasteiger partial charge on any atom is -0.272 e. The third-order valence-electron chi connectivity index (χ3n) is 4.20. The predicted octanol–water partition coefficient (Wildman–Crippen LogP) is 3.70. The fourth-order valence-corrected chi connectivity index (χ4v) is 3.06. The van der Waals surface area contributed by atoms with Crippen molar-refractivity contribution >= 4 is 16.7 Å². The molecule has 1 heterocycles. The fraction of sp³-hybridized carbons (Fsp3) is 0.389. The van der Waals surface area contributed by atoms with Gasteiger partial charge in [-0.1, -0.05) is 36.8 Å². The lowest BCUT2D eigenvalue weighted by Crippen LogP contribution is -2.48. The Labute approximate surface area is 126 Å². The summed E-state index contributed by atoms with van der Waals surface area (Å²) in [6, 6.07) is 14.2. The maximum Gasteiger partial charge on any atom is 0.268 e. The molecule has 1 amide bonds. The van der Waals surface area contributed by atoms with Gasteiger partial charge in [0.1, 0.15) is 0 Å². The molecule has 0 saturated carbocycles. The normalized spacial score (nSPS) is 16.0. The molecule has 0 N–H and O–H groups in total. The Balaban J connectivity index is 1.86. The van der Waals surface area contributed by atoms with Gasteiger partial charge in [-0.05, 0) is 42.7 Å². The van der Waals surface area contributed by atoms with Gasteiger partial charge in [0.2, 0.25) is 0 Å². The first-order chi connectivity index (χ1) is 10.3. The topological polar surface area (TPSA) is 23.6 Å². The number of hydrogen-bond acceptors (Lipinski definition) is 2. The van der Waals surface area contributed by atoms with Crippen LogP contribution in [0.4, 0.5) is 0 Å². The summed E-state index contributed by atoms with van der Waals surface area (Å²) in [6.07, 6.45) is 3.64. The van der Waals surface area contributed by atoms with Gasteiger partial charge in [-0.3, -0.25) is 9.80 Å². The Morgan fingerprint density at radius 2 is 1.76 bits per heavy atom. The molecule has 3 nitrogen and oxygen atoms in total. The third-order valence-corrected chi connectivity index (χ3v) is 4.20. The van der Waals surface area contributed by atoms with E-state index in [1.165, 1.54) is 24.6 Å². The van der Waals surface area contributed by atoms with Crippen LogP contribution in [0.1, 0.15) is 36.5 Å². The maximum atomic E-state index is 12.8. The molecule has 1 fully saturated rings. The first-order valence-corrected chi connectivity index (χ1v) is 7.85. The van der Waals surface area contributed by atoms with Crippen LogP contribution in [0.5, 0.6) is 0 Å². The van der Waals surface area contributed by atoms with Crippen LogP contribution < -0.4 is 0 Å². The van der Waals surface area contributed by atoms with Gasteiger partial charge in [0, 0.05) is 25.2 Å².